The van der Waals surface area contributed by atoms with Crippen molar-refractivity contribution in [1.29, 1.82) is 0 Å². The van der Waals surface area contributed by atoms with Gasteiger partial charge in [-0.2, -0.15) is 0 Å². The summed E-state index contributed by atoms with van der Waals surface area (Å²) in [5.74, 6) is -0.220. The molecule has 144 valence electrons. The average molecular weight is 374 g/mol. The largest absolute Gasteiger partial charge is 0.378 e. The van der Waals surface area contributed by atoms with Crippen LogP contribution >= 0.6 is 0 Å². The van der Waals surface area contributed by atoms with Gasteiger partial charge in [0.15, 0.2) is 0 Å². The van der Waals surface area contributed by atoms with Gasteiger partial charge in [0.2, 0.25) is 0 Å². The maximum atomic E-state index is 12.5. The smallest absolute Gasteiger partial charge is 0.274 e. The molecule has 0 radical (unpaired) electrons. The zero-order valence-electron chi connectivity index (χ0n) is 16.8. The Morgan fingerprint density at radius 2 is 1.68 bits per heavy atom. The van der Waals surface area contributed by atoms with Gasteiger partial charge >= 0.3 is 0 Å². The Hall–Kier alpha value is -3.34. The number of nitrogens with one attached hydrogen (secondary N) is 1. The predicted octanol–water partition coefficient (Wildman–Crippen LogP) is 4.87. The topological polar surface area (TPSA) is 48.5 Å². The van der Waals surface area contributed by atoms with Crippen molar-refractivity contribution in [1.82, 2.24) is 4.98 Å². The Kier molecular flexibility index (Phi) is 5.94. The fourth-order valence-electron chi connectivity index (χ4n) is 3.03. The maximum Gasteiger partial charge on any atom is 0.274 e. The molecule has 1 heterocycles. The third-order valence-electron chi connectivity index (χ3n) is 4.56. The van der Waals surface area contributed by atoms with Crippen molar-refractivity contribution >= 4 is 28.7 Å². The molecule has 0 aliphatic heterocycles. The van der Waals surface area contributed by atoms with E-state index in [0.29, 0.717) is 5.69 Å². The van der Waals surface area contributed by atoms with Crippen LogP contribution in [-0.2, 0) is 0 Å². The molecule has 2 aromatic carbocycles. The number of rotatable bonds is 6. The lowest BCUT2D eigenvalue weighted by Crippen LogP contribution is -2.18. The minimum absolute atomic E-state index is 0.220. The molecule has 0 unspecified atom stereocenters. The van der Waals surface area contributed by atoms with Gasteiger partial charge in [0.05, 0.1) is 11.9 Å². The van der Waals surface area contributed by atoms with Crippen LogP contribution in [0.5, 0.6) is 0 Å². The Labute approximate surface area is 166 Å². The summed E-state index contributed by atoms with van der Waals surface area (Å²) < 4.78 is 0. The van der Waals surface area contributed by atoms with Crippen molar-refractivity contribution in [2.45, 2.75) is 13.8 Å². The van der Waals surface area contributed by atoms with Crippen molar-refractivity contribution in [3.8, 4) is 0 Å². The molecule has 0 saturated carbocycles. The summed E-state index contributed by atoms with van der Waals surface area (Å²) in [5, 5.41) is 2.89. The second-order valence-corrected chi connectivity index (χ2v) is 6.88. The minimum atomic E-state index is -0.220. The average Bonchev–Trinajstić information content (AvgIpc) is 2.69. The number of hydrogen-bond donors (Lipinski definition) is 1. The van der Waals surface area contributed by atoms with Gasteiger partial charge < -0.3 is 15.1 Å². The third-order valence-corrected chi connectivity index (χ3v) is 4.56. The SMILES string of the molecule is CCN(c1ccc(C(=O)Nc2ccc(N(C)C)cc2)nc1)c1cccc(C)c1. The van der Waals surface area contributed by atoms with Crippen molar-refractivity contribution < 1.29 is 4.79 Å². The fourth-order valence-corrected chi connectivity index (χ4v) is 3.03. The lowest BCUT2D eigenvalue weighted by Gasteiger charge is -2.23. The summed E-state index contributed by atoms with van der Waals surface area (Å²) in [6, 6.07) is 19.7. The molecule has 1 amide bonds. The molecule has 3 aromatic rings. The quantitative estimate of drug-likeness (QED) is 0.669. The summed E-state index contributed by atoms with van der Waals surface area (Å²) in [7, 11) is 3.96. The lowest BCUT2D eigenvalue weighted by atomic mass is 10.2. The molecule has 28 heavy (non-hydrogen) atoms. The van der Waals surface area contributed by atoms with Crippen LogP contribution in [0.4, 0.5) is 22.7 Å². The Balaban J connectivity index is 1.73. The second kappa shape index (κ2) is 8.57. The van der Waals surface area contributed by atoms with Crippen LogP contribution in [0.1, 0.15) is 23.0 Å². The molecule has 0 bridgehead atoms. The first kappa shape index (κ1) is 19.4. The highest BCUT2D eigenvalue weighted by Crippen LogP contribution is 2.25. The third kappa shape index (κ3) is 4.49. The van der Waals surface area contributed by atoms with Crippen LogP contribution in [-0.4, -0.2) is 31.5 Å². The standard InChI is InChI=1S/C23H26N4O/c1-5-27(20-8-6-7-17(2)15-20)21-13-14-22(24-16-21)23(28)25-18-9-11-19(12-10-18)26(3)4/h6-16H,5H2,1-4H3,(H,25,28). The summed E-state index contributed by atoms with van der Waals surface area (Å²) in [4.78, 5) is 21.1. The Morgan fingerprint density at radius 3 is 2.25 bits per heavy atom. The highest BCUT2D eigenvalue weighted by atomic mass is 16.1. The number of aromatic nitrogens is 1. The second-order valence-electron chi connectivity index (χ2n) is 6.88. The predicted molar refractivity (Wildman–Crippen MR) is 117 cm³/mol. The number of aryl methyl sites for hydroxylation is 1. The van der Waals surface area contributed by atoms with Crippen molar-refractivity contribution in [2.75, 3.05) is 35.8 Å². The zero-order chi connectivity index (χ0) is 20.1. The molecule has 0 spiro atoms. The Bertz CT molecular complexity index is 934. The maximum absolute atomic E-state index is 12.5. The monoisotopic (exact) mass is 374 g/mol. The number of pyridine rings is 1. The highest BCUT2D eigenvalue weighted by molar-refractivity contribution is 6.03. The van der Waals surface area contributed by atoms with E-state index in [1.807, 2.05) is 55.4 Å². The normalized spacial score (nSPS) is 10.4. The summed E-state index contributed by atoms with van der Waals surface area (Å²) in [6.07, 6.45) is 1.75. The first-order valence-electron chi connectivity index (χ1n) is 9.37. The van der Waals surface area contributed by atoms with Crippen molar-refractivity contribution in [3.63, 3.8) is 0 Å². The highest BCUT2D eigenvalue weighted by Gasteiger charge is 2.11. The molecule has 0 saturated heterocycles. The van der Waals surface area contributed by atoms with Crippen LogP contribution in [0.15, 0.2) is 66.9 Å². The van der Waals surface area contributed by atoms with Gasteiger partial charge in [0.1, 0.15) is 5.69 Å². The molecular weight excluding hydrogens is 348 g/mol. The van der Waals surface area contributed by atoms with Crippen molar-refractivity contribution in [3.05, 3.63) is 78.1 Å². The summed E-state index contributed by atoms with van der Waals surface area (Å²) in [5.41, 5.74) is 5.50. The molecule has 0 atom stereocenters. The number of carbonyl (C=O) groups is 1. The Morgan fingerprint density at radius 1 is 0.964 bits per heavy atom. The zero-order valence-corrected chi connectivity index (χ0v) is 16.8. The van der Waals surface area contributed by atoms with E-state index < -0.39 is 0 Å². The molecule has 0 aliphatic carbocycles. The van der Waals surface area contributed by atoms with Gasteiger partial charge in [0.25, 0.3) is 5.91 Å². The van der Waals surface area contributed by atoms with E-state index in [2.05, 4.69) is 47.2 Å². The van der Waals surface area contributed by atoms with Gasteiger partial charge in [0, 0.05) is 37.7 Å². The number of benzene rings is 2. The van der Waals surface area contributed by atoms with Crippen LogP contribution in [0, 0.1) is 6.92 Å². The van der Waals surface area contributed by atoms with Crippen LogP contribution in [0.25, 0.3) is 0 Å². The van der Waals surface area contributed by atoms with Crippen LogP contribution in [0.2, 0.25) is 0 Å². The van der Waals surface area contributed by atoms with E-state index in [1.54, 1.807) is 12.3 Å². The van der Waals surface area contributed by atoms with E-state index in [0.717, 1.165) is 29.3 Å². The molecule has 0 fully saturated rings. The first-order valence-corrected chi connectivity index (χ1v) is 9.37. The fraction of sp³-hybridized carbons (Fsp3) is 0.217. The van der Waals surface area contributed by atoms with Gasteiger partial charge in [-0.05, 0) is 67.9 Å². The molecule has 3 rings (SSSR count). The molecule has 0 aliphatic rings. The summed E-state index contributed by atoms with van der Waals surface area (Å²) >= 11 is 0. The number of anilines is 4. The van der Waals surface area contributed by atoms with Crippen molar-refractivity contribution in [2.24, 2.45) is 0 Å². The van der Waals surface area contributed by atoms with Gasteiger partial charge in [-0.1, -0.05) is 12.1 Å². The van der Waals surface area contributed by atoms with Gasteiger partial charge in [-0.15, -0.1) is 0 Å². The molecule has 5 nitrogen and oxygen atoms in total. The summed E-state index contributed by atoms with van der Waals surface area (Å²) in [6.45, 7) is 4.99. The lowest BCUT2D eigenvalue weighted by molar-refractivity contribution is 0.102. The van der Waals surface area contributed by atoms with E-state index in [-0.39, 0.29) is 5.91 Å². The molecule has 1 N–H and O–H groups in total. The van der Waals surface area contributed by atoms with E-state index in [9.17, 15) is 4.79 Å². The van der Waals surface area contributed by atoms with E-state index >= 15 is 0 Å². The minimum Gasteiger partial charge on any atom is -0.378 e. The first-order chi connectivity index (χ1) is 13.5. The molecular formula is C23H26N4O. The van der Waals surface area contributed by atoms with E-state index in [4.69, 9.17) is 0 Å². The number of amides is 1. The van der Waals surface area contributed by atoms with Gasteiger partial charge in [-0.25, -0.2) is 4.98 Å². The van der Waals surface area contributed by atoms with E-state index in [1.165, 1.54) is 5.56 Å². The molecule has 5 heteroatoms. The van der Waals surface area contributed by atoms with Crippen LogP contribution < -0.4 is 15.1 Å². The number of carbonyl (C=O) groups excluding carboxylic acids is 1. The van der Waals surface area contributed by atoms with Crippen LogP contribution in [0.3, 0.4) is 0 Å². The number of hydrogen-bond acceptors (Lipinski definition) is 4. The molecule has 1 aromatic heterocycles. The van der Waals surface area contributed by atoms with Gasteiger partial charge in [-0.3, -0.25) is 4.79 Å². The number of nitrogens with zero attached hydrogens (tertiary/aromatic N) is 3.